The van der Waals surface area contributed by atoms with Gasteiger partial charge >= 0.3 is 0 Å². The van der Waals surface area contributed by atoms with Crippen molar-refractivity contribution in [2.45, 2.75) is 13.8 Å². The molecule has 1 amide bonds. The van der Waals surface area contributed by atoms with E-state index in [1.54, 1.807) is 13.2 Å². The Labute approximate surface area is 117 Å². The number of hydrogen-bond donors (Lipinski definition) is 1. The number of ether oxygens (including phenoxy) is 1. The van der Waals surface area contributed by atoms with E-state index in [9.17, 15) is 4.79 Å². The third-order valence-electron chi connectivity index (χ3n) is 2.79. The molecule has 20 heavy (non-hydrogen) atoms. The van der Waals surface area contributed by atoms with Crippen LogP contribution in [0.3, 0.4) is 0 Å². The Morgan fingerprint density at radius 2 is 2.15 bits per heavy atom. The fourth-order valence-corrected chi connectivity index (χ4v) is 1.74. The zero-order valence-electron chi connectivity index (χ0n) is 11.8. The minimum absolute atomic E-state index is 0.233. The number of carbonyl (C=O) groups is 1. The second-order valence-electron chi connectivity index (χ2n) is 4.88. The summed E-state index contributed by atoms with van der Waals surface area (Å²) in [6.45, 7) is 4.67. The minimum atomic E-state index is -0.233. The zero-order chi connectivity index (χ0) is 14.5. The van der Waals surface area contributed by atoms with E-state index in [0.717, 1.165) is 5.56 Å². The van der Waals surface area contributed by atoms with Gasteiger partial charge in [-0.05, 0) is 18.1 Å². The summed E-state index contributed by atoms with van der Waals surface area (Å²) in [5, 5.41) is 6.60. The van der Waals surface area contributed by atoms with Gasteiger partial charge in [0.2, 0.25) is 0 Å². The number of nitrogens with one attached hydrogen (secondary N) is 1. The highest BCUT2D eigenvalue weighted by atomic mass is 16.5. The van der Waals surface area contributed by atoms with Crippen LogP contribution in [0.2, 0.25) is 0 Å². The summed E-state index contributed by atoms with van der Waals surface area (Å²) < 4.78 is 10.5. The van der Waals surface area contributed by atoms with Gasteiger partial charge in [-0.3, -0.25) is 4.79 Å². The van der Waals surface area contributed by atoms with Gasteiger partial charge in [0.05, 0.1) is 12.7 Å². The van der Waals surface area contributed by atoms with Crippen molar-refractivity contribution >= 4 is 5.91 Å². The summed E-state index contributed by atoms with van der Waals surface area (Å²) >= 11 is 0. The average Bonchev–Trinajstić information content (AvgIpc) is 2.94. The Morgan fingerprint density at radius 3 is 2.85 bits per heavy atom. The topological polar surface area (TPSA) is 64.4 Å². The third-order valence-corrected chi connectivity index (χ3v) is 2.79. The van der Waals surface area contributed by atoms with Crippen LogP contribution in [-0.2, 0) is 0 Å². The first-order valence-electron chi connectivity index (χ1n) is 6.50. The quantitative estimate of drug-likeness (QED) is 0.910. The van der Waals surface area contributed by atoms with E-state index in [1.165, 1.54) is 0 Å². The standard InChI is InChI=1S/C15H18N2O3/c1-10(2)9-16-15(18)12-8-14(20-17-12)11-6-4-5-7-13(11)19-3/h4-8,10H,9H2,1-3H3,(H,16,18). The lowest BCUT2D eigenvalue weighted by Gasteiger charge is -2.04. The van der Waals surface area contributed by atoms with Crippen molar-refractivity contribution in [2.75, 3.05) is 13.7 Å². The van der Waals surface area contributed by atoms with Crippen LogP contribution in [0.4, 0.5) is 0 Å². The predicted molar refractivity (Wildman–Crippen MR) is 75.7 cm³/mol. The molecule has 2 aromatic rings. The summed E-state index contributed by atoms with van der Waals surface area (Å²) in [7, 11) is 1.59. The maximum absolute atomic E-state index is 11.9. The molecule has 0 radical (unpaired) electrons. The fraction of sp³-hybridized carbons (Fsp3) is 0.333. The van der Waals surface area contributed by atoms with Gasteiger partial charge in [0, 0.05) is 12.6 Å². The lowest BCUT2D eigenvalue weighted by Crippen LogP contribution is -2.27. The summed E-state index contributed by atoms with van der Waals surface area (Å²) in [4.78, 5) is 11.9. The Morgan fingerprint density at radius 1 is 1.40 bits per heavy atom. The van der Waals surface area contributed by atoms with Gasteiger partial charge in [0.1, 0.15) is 5.75 Å². The number of aromatic nitrogens is 1. The first-order chi connectivity index (χ1) is 9.61. The van der Waals surface area contributed by atoms with Crippen molar-refractivity contribution in [3.8, 4) is 17.1 Å². The molecule has 0 atom stereocenters. The van der Waals surface area contributed by atoms with Crippen molar-refractivity contribution < 1.29 is 14.1 Å². The van der Waals surface area contributed by atoms with Crippen LogP contribution in [0, 0.1) is 5.92 Å². The Balaban J connectivity index is 2.18. The van der Waals surface area contributed by atoms with Gasteiger partial charge in [0.25, 0.3) is 5.91 Å². The molecule has 0 saturated heterocycles. The lowest BCUT2D eigenvalue weighted by molar-refractivity contribution is 0.0940. The molecule has 0 aliphatic heterocycles. The van der Waals surface area contributed by atoms with Crippen LogP contribution in [-0.4, -0.2) is 24.7 Å². The van der Waals surface area contributed by atoms with Crippen molar-refractivity contribution in [3.05, 3.63) is 36.0 Å². The van der Waals surface area contributed by atoms with Crippen LogP contribution in [0.25, 0.3) is 11.3 Å². The molecule has 0 saturated carbocycles. The van der Waals surface area contributed by atoms with Gasteiger partial charge in [-0.2, -0.15) is 0 Å². The van der Waals surface area contributed by atoms with Crippen LogP contribution < -0.4 is 10.1 Å². The van der Waals surface area contributed by atoms with Crippen molar-refractivity contribution in [2.24, 2.45) is 5.92 Å². The summed E-state index contributed by atoms with van der Waals surface area (Å²) in [5.74, 6) is 1.35. The second kappa shape index (κ2) is 6.23. The Kier molecular flexibility index (Phi) is 4.40. The normalized spacial score (nSPS) is 10.6. The molecule has 1 aromatic heterocycles. The van der Waals surface area contributed by atoms with Gasteiger partial charge in [-0.25, -0.2) is 0 Å². The monoisotopic (exact) mass is 274 g/mol. The average molecular weight is 274 g/mol. The molecular formula is C15H18N2O3. The maximum Gasteiger partial charge on any atom is 0.273 e. The van der Waals surface area contributed by atoms with Gasteiger partial charge < -0.3 is 14.6 Å². The van der Waals surface area contributed by atoms with Crippen LogP contribution in [0.5, 0.6) is 5.75 Å². The number of hydrogen-bond acceptors (Lipinski definition) is 4. The number of nitrogens with zero attached hydrogens (tertiary/aromatic N) is 1. The fourth-order valence-electron chi connectivity index (χ4n) is 1.74. The van der Waals surface area contributed by atoms with E-state index in [0.29, 0.717) is 24.0 Å². The molecule has 0 spiro atoms. The van der Waals surface area contributed by atoms with E-state index in [-0.39, 0.29) is 11.6 Å². The highest BCUT2D eigenvalue weighted by Crippen LogP contribution is 2.29. The van der Waals surface area contributed by atoms with E-state index >= 15 is 0 Å². The molecule has 1 heterocycles. The lowest BCUT2D eigenvalue weighted by atomic mass is 10.1. The molecule has 5 heteroatoms. The third kappa shape index (κ3) is 3.17. The Bertz CT molecular complexity index is 590. The molecule has 0 aliphatic carbocycles. The largest absolute Gasteiger partial charge is 0.496 e. The molecule has 0 aliphatic rings. The number of methoxy groups -OCH3 is 1. The van der Waals surface area contributed by atoms with E-state index in [2.05, 4.69) is 10.5 Å². The van der Waals surface area contributed by atoms with Gasteiger partial charge in [0.15, 0.2) is 11.5 Å². The number of benzene rings is 1. The molecular weight excluding hydrogens is 256 g/mol. The first-order valence-corrected chi connectivity index (χ1v) is 6.50. The number of para-hydroxylation sites is 1. The summed E-state index contributed by atoms with van der Waals surface area (Å²) in [5.41, 5.74) is 1.04. The van der Waals surface area contributed by atoms with Crippen LogP contribution >= 0.6 is 0 Å². The van der Waals surface area contributed by atoms with Crippen LogP contribution in [0.15, 0.2) is 34.9 Å². The summed E-state index contributed by atoms with van der Waals surface area (Å²) in [6, 6.07) is 9.05. The Hall–Kier alpha value is -2.30. The maximum atomic E-state index is 11.9. The number of carbonyl (C=O) groups excluding carboxylic acids is 1. The van der Waals surface area contributed by atoms with E-state index < -0.39 is 0 Å². The van der Waals surface area contributed by atoms with Gasteiger partial charge in [-0.15, -0.1) is 0 Å². The molecule has 5 nitrogen and oxygen atoms in total. The molecule has 2 rings (SSSR count). The number of rotatable bonds is 5. The zero-order valence-corrected chi connectivity index (χ0v) is 11.8. The van der Waals surface area contributed by atoms with E-state index in [1.807, 2.05) is 38.1 Å². The number of amides is 1. The van der Waals surface area contributed by atoms with Gasteiger partial charge in [-0.1, -0.05) is 31.1 Å². The molecule has 0 unspecified atom stereocenters. The van der Waals surface area contributed by atoms with Crippen LogP contribution in [0.1, 0.15) is 24.3 Å². The molecule has 1 N–H and O–H groups in total. The van der Waals surface area contributed by atoms with Crippen molar-refractivity contribution in [1.82, 2.24) is 10.5 Å². The molecule has 1 aromatic carbocycles. The highest BCUT2D eigenvalue weighted by molar-refractivity contribution is 5.93. The first kappa shape index (κ1) is 14.1. The highest BCUT2D eigenvalue weighted by Gasteiger charge is 2.15. The minimum Gasteiger partial charge on any atom is -0.496 e. The van der Waals surface area contributed by atoms with E-state index in [4.69, 9.17) is 9.26 Å². The molecule has 0 bridgehead atoms. The second-order valence-corrected chi connectivity index (χ2v) is 4.88. The SMILES string of the molecule is COc1ccccc1-c1cc(C(=O)NCC(C)C)no1. The predicted octanol–water partition coefficient (Wildman–Crippen LogP) is 2.74. The summed E-state index contributed by atoms with van der Waals surface area (Å²) in [6.07, 6.45) is 0. The smallest absolute Gasteiger partial charge is 0.273 e. The van der Waals surface area contributed by atoms with Crippen molar-refractivity contribution in [3.63, 3.8) is 0 Å². The molecule has 106 valence electrons. The molecule has 0 fully saturated rings. The van der Waals surface area contributed by atoms with Crippen molar-refractivity contribution in [1.29, 1.82) is 0 Å².